The Balaban J connectivity index is 0.00000289. The van der Waals surface area contributed by atoms with Gasteiger partial charge in [0.1, 0.15) is 11.5 Å². The second-order valence-corrected chi connectivity index (χ2v) is 7.13. The minimum Gasteiger partial charge on any atom is -0.457 e. The molecule has 0 radical (unpaired) electrons. The monoisotopic (exact) mass is 540 g/mol. The van der Waals surface area contributed by atoms with Gasteiger partial charge in [0.05, 0.1) is 12.2 Å². The van der Waals surface area contributed by atoms with E-state index in [0.717, 1.165) is 34.2 Å². The molecule has 8 heteroatoms. The number of guanidine groups is 1. The summed E-state index contributed by atoms with van der Waals surface area (Å²) in [6.45, 7) is 4.39. The van der Waals surface area contributed by atoms with E-state index >= 15 is 0 Å². The molecule has 0 saturated heterocycles. The van der Waals surface area contributed by atoms with E-state index in [-0.39, 0.29) is 24.0 Å². The Labute approximate surface area is 204 Å². The van der Waals surface area contributed by atoms with Gasteiger partial charge in [-0.05, 0) is 55.8 Å². The SMILES string of the molecule is Cc1cc(C)n(-c2ccc(CN=C(N)Nc3cccc(Oc4ccccc4)c3)cn2)n1.I. The Morgan fingerprint density at radius 2 is 1.78 bits per heavy atom. The summed E-state index contributed by atoms with van der Waals surface area (Å²) in [4.78, 5) is 8.90. The third-order valence-corrected chi connectivity index (χ3v) is 4.55. The second kappa shape index (κ2) is 10.8. The van der Waals surface area contributed by atoms with Crippen molar-refractivity contribution in [3.63, 3.8) is 0 Å². The number of benzene rings is 2. The molecule has 0 saturated carbocycles. The number of ether oxygens (including phenoxy) is 1. The van der Waals surface area contributed by atoms with E-state index in [2.05, 4.69) is 20.4 Å². The molecule has 7 nitrogen and oxygen atoms in total. The lowest BCUT2D eigenvalue weighted by Crippen LogP contribution is -2.22. The average Bonchev–Trinajstić information content (AvgIpc) is 3.11. The summed E-state index contributed by atoms with van der Waals surface area (Å²) in [7, 11) is 0. The summed E-state index contributed by atoms with van der Waals surface area (Å²) < 4.78 is 7.67. The first-order valence-corrected chi connectivity index (χ1v) is 9.95. The van der Waals surface area contributed by atoms with Crippen molar-refractivity contribution in [3.8, 4) is 17.3 Å². The number of hydrogen-bond donors (Lipinski definition) is 2. The molecular weight excluding hydrogens is 515 g/mol. The Morgan fingerprint density at radius 3 is 2.47 bits per heavy atom. The number of aromatic nitrogens is 3. The van der Waals surface area contributed by atoms with Crippen molar-refractivity contribution in [2.24, 2.45) is 10.7 Å². The zero-order valence-corrected chi connectivity index (χ0v) is 20.2. The third kappa shape index (κ3) is 6.07. The molecule has 0 atom stereocenters. The van der Waals surface area contributed by atoms with Crippen molar-refractivity contribution in [2.75, 3.05) is 5.32 Å². The molecule has 4 rings (SSSR count). The lowest BCUT2D eigenvalue weighted by Gasteiger charge is -2.09. The summed E-state index contributed by atoms with van der Waals surface area (Å²) in [6, 6.07) is 23.1. The molecule has 2 aromatic carbocycles. The van der Waals surface area contributed by atoms with Gasteiger partial charge in [0.2, 0.25) is 0 Å². The van der Waals surface area contributed by atoms with Crippen LogP contribution in [0.4, 0.5) is 5.69 Å². The minimum absolute atomic E-state index is 0. The van der Waals surface area contributed by atoms with Crippen LogP contribution in [0.1, 0.15) is 17.0 Å². The van der Waals surface area contributed by atoms with Gasteiger partial charge in [-0.25, -0.2) is 14.7 Å². The van der Waals surface area contributed by atoms with Gasteiger partial charge in [0, 0.05) is 23.6 Å². The smallest absolute Gasteiger partial charge is 0.193 e. The maximum Gasteiger partial charge on any atom is 0.193 e. The fourth-order valence-corrected chi connectivity index (χ4v) is 3.12. The van der Waals surface area contributed by atoms with Crippen LogP contribution in [0.5, 0.6) is 11.5 Å². The molecule has 0 fully saturated rings. The third-order valence-electron chi connectivity index (χ3n) is 4.55. The first kappa shape index (κ1) is 23.3. The fraction of sp³-hybridized carbons (Fsp3) is 0.125. The van der Waals surface area contributed by atoms with Gasteiger partial charge in [-0.15, -0.1) is 24.0 Å². The Hall–Kier alpha value is -3.40. The zero-order valence-electron chi connectivity index (χ0n) is 17.9. The van der Waals surface area contributed by atoms with E-state index in [4.69, 9.17) is 10.5 Å². The standard InChI is InChI=1S/C24H24N6O.HI/c1-17-13-18(2)30(29-17)23-12-11-19(15-26-23)16-27-24(25)28-20-7-6-10-22(14-20)31-21-8-4-3-5-9-21;/h3-15H,16H2,1-2H3,(H3,25,27,28);1H. The molecule has 4 aromatic rings. The van der Waals surface area contributed by atoms with Crippen molar-refractivity contribution in [1.29, 1.82) is 0 Å². The number of pyridine rings is 1. The summed E-state index contributed by atoms with van der Waals surface area (Å²) >= 11 is 0. The fourth-order valence-electron chi connectivity index (χ4n) is 3.12. The number of aryl methyl sites for hydroxylation is 2. The highest BCUT2D eigenvalue weighted by atomic mass is 127. The van der Waals surface area contributed by atoms with E-state index in [1.165, 1.54) is 0 Å². The van der Waals surface area contributed by atoms with E-state index < -0.39 is 0 Å². The molecule has 0 amide bonds. The highest BCUT2D eigenvalue weighted by Crippen LogP contribution is 2.23. The predicted molar refractivity (Wildman–Crippen MR) is 138 cm³/mol. The first-order valence-electron chi connectivity index (χ1n) is 9.95. The van der Waals surface area contributed by atoms with E-state index in [1.54, 1.807) is 6.20 Å². The van der Waals surface area contributed by atoms with Crippen LogP contribution in [-0.4, -0.2) is 20.7 Å². The number of para-hydroxylation sites is 1. The normalized spacial score (nSPS) is 11.0. The number of rotatable bonds is 6. The van der Waals surface area contributed by atoms with Crippen LogP contribution in [0.3, 0.4) is 0 Å². The number of aliphatic imine (C=N–C) groups is 1. The van der Waals surface area contributed by atoms with Gasteiger partial charge < -0.3 is 15.8 Å². The van der Waals surface area contributed by atoms with Crippen molar-refractivity contribution >= 4 is 35.6 Å². The van der Waals surface area contributed by atoms with Crippen LogP contribution in [0.15, 0.2) is 84.0 Å². The highest BCUT2D eigenvalue weighted by Gasteiger charge is 2.05. The van der Waals surface area contributed by atoms with Gasteiger partial charge in [0.15, 0.2) is 11.8 Å². The topological polar surface area (TPSA) is 90.4 Å². The summed E-state index contributed by atoms with van der Waals surface area (Å²) in [5, 5.41) is 7.55. The summed E-state index contributed by atoms with van der Waals surface area (Å²) in [5.74, 6) is 2.59. The lowest BCUT2D eigenvalue weighted by atomic mass is 10.3. The van der Waals surface area contributed by atoms with Crippen molar-refractivity contribution in [3.05, 3.63) is 95.9 Å². The van der Waals surface area contributed by atoms with Gasteiger partial charge >= 0.3 is 0 Å². The van der Waals surface area contributed by atoms with Gasteiger partial charge in [-0.2, -0.15) is 5.10 Å². The Morgan fingerprint density at radius 1 is 1.00 bits per heavy atom. The number of nitrogens with one attached hydrogen (secondary N) is 1. The van der Waals surface area contributed by atoms with Crippen molar-refractivity contribution in [1.82, 2.24) is 14.8 Å². The maximum absolute atomic E-state index is 6.06. The molecule has 0 spiro atoms. The van der Waals surface area contributed by atoms with Crippen LogP contribution in [0.25, 0.3) is 5.82 Å². The molecule has 32 heavy (non-hydrogen) atoms. The molecular formula is C24H25IN6O. The predicted octanol–water partition coefficient (Wildman–Crippen LogP) is 5.22. The van der Waals surface area contributed by atoms with Crippen LogP contribution >= 0.6 is 24.0 Å². The van der Waals surface area contributed by atoms with Crippen molar-refractivity contribution in [2.45, 2.75) is 20.4 Å². The van der Waals surface area contributed by atoms with Gasteiger partial charge in [-0.1, -0.05) is 30.3 Å². The zero-order chi connectivity index (χ0) is 21.6. The lowest BCUT2D eigenvalue weighted by molar-refractivity contribution is 0.483. The minimum atomic E-state index is 0. The van der Waals surface area contributed by atoms with Crippen molar-refractivity contribution < 1.29 is 4.74 Å². The molecule has 0 aliphatic heterocycles. The average molecular weight is 540 g/mol. The molecule has 2 aromatic heterocycles. The maximum atomic E-state index is 6.06. The molecule has 164 valence electrons. The Kier molecular flexibility index (Phi) is 7.82. The number of halogens is 1. The van der Waals surface area contributed by atoms with E-state index in [9.17, 15) is 0 Å². The molecule has 0 aliphatic rings. The summed E-state index contributed by atoms with van der Waals surface area (Å²) in [6.07, 6.45) is 1.79. The van der Waals surface area contributed by atoms with Crippen LogP contribution in [-0.2, 0) is 6.54 Å². The molecule has 2 heterocycles. The van der Waals surface area contributed by atoms with Crippen LogP contribution in [0.2, 0.25) is 0 Å². The van der Waals surface area contributed by atoms with Gasteiger partial charge in [0.25, 0.3) is 0 Å². The molecule has 3 N–H and O–H groups in total. The quantitative estimate of drug-likeness (QED) is 0.199. The van der Waals surface area contributed by atoms with E-state index in [1.807, 2.05) is 91.3 Å². The highest BCUT2D eigenvalue weighted by molar-refractivity contribution is 14.0. The first-order chi connectivity index (χ1) is 15.1. The molecule has 0 bridgehead atoms. The summed E-state index contributed by atoms with van der Waals surface area (Å²) in [5.41, 5.74) is 9.82. The van der Waals surface area contributed by atoms with Gasteiger partial charge in [-0.3, -0.25) is 0 Å². The number of hydrogen-bond acceptors (Lipinski definition) is 4. The van der Waals surface area contributed by atoms with Crippen LogP contribution in [0, 0.1) is 13.8 Å². The second-order valence-electron chi connectivity index (χ2n) is 7.13. The Bertz CT molecular complexity index is 1190. The molecule has 0 aliphatic carbocycles. The van der Waals surface area contributed by atoms with Crippen LogP contribution < -0.4 is 15.8 Å². The number of nitrogens with zero attached hydrogens (tertiary/aromatic N) is 4. The number of anilines is 1. The number of nitrogens with two attached hydrogens (primary N) is 1. The largest absolute Gasteiger partial charge is 0.457 e. The molecule has 0 unspecified atom stereocenters. The van der Waals surface area contributed by atoms with E-state index in [0.29, 0.717) is 18.3 Å².